The zero-order valence-corrected chi connectivity index (χ0v) is 9.87. The van der Waals surface area contributed by atoms with Gasteiger partial charge >= 0.3 is 0 Å². The normalized spacial score (nSPS) is 27.0. The van der Waals surface area contributed by atoms with Gasteiger partial charge in [-0.15, -0.1) is 0 Å². The zero-order chi connectivity index (χ0) is 10.5. The Morgan fingerprint density at radius 3 is 2.60 bits per heavy atom. The van der Waals surface area contributed by atoms with E-state index in [2.05, 4.69) is 17.1 Å². The summed E-state index contributed by atoms with van der Waals surface area (Å²) in [5.41, 5.74) is 0. The van der Waals surface area contributed by atoms with Crippen molar-refractivity contribution in [2.45, 2.75) is 44.7 Å². The van der Waals surface area contributed by atoms with Crippen molar-refractivity contribution in [3.8, 4) is 0 Å². The highest BCUT2D eigenvalue weighted by Crippen LogP contribution is 2.17. The first-order valence-electron chi connectivity index (χ1n) is 6.41. The van der Waals surface area contributed by atoms with Crippen molar-refractivity contribution in [3.05, 3.63) is 0 Å². The Bertz CT molecular complexity index is 174. The molecule has 1 heterocycles. The molecule has 0 aromatic heterocycles. The maximum absolute atomic E-state index is 5.37. The van der Waals surface area contributed by atoms with Crippen molar-refractivity contribution in [1.29, 1.82) is 0 Å². The van der Waals surface area contributed by atoms with Crippen molar-refractivity contribution >= 4 is 0 Å². The van der Waals surface area contributed by atoms with Crippen LogP contribution in [0.2, 0.25) is 0 Å². The van der Waals surface area contributed by atoms with E-state index in [-0.39, 0.29) is 0 Å². The van der Waals surface area contributed by atoms with Crippen LogP contribution in [0.15, 0.2) is 0 Å². The summed E-state index contributed by atoms with van der Waals surface area (Å²) >= 11 is 0. The minimum atomic E-state index is 0.662. The summed E-state index contributed by atoms with van der Waals surface area (Å²) in [6, 6.07) is 1.46. The van der Waals surface area contributed by atoms with E-state index in [0.29, 0.717) is 6.04 Å². The molecule has 0 aromatic carbocycles. The molecule has 1 aliphatic carbocycles. The molecule has 3 nitrogen and oxygen atoms in total. The molecular weight excluding hydrogens is 188 g/mol. The molecule has 1 N–H and O–H groups in total. The molecule has 88 valence electrons. The average molecular weight is 212 g/mol. The third-order valence-electron chi connectivity index (χ3n) is 3.73. The lowest BCUT2D eigenvalue weighted by Crippen LogP contribution is -2.47. The van der Waals surface area contributed by atoms with Crippen LogP contribution in [-0.2, 0) is 4.74 Å². The molecule has 1 unspecified atom stereocenters. The summed E-state index contributed by atoms with van der Waals surface area (Å²) in [4.78, 5) is 2.53. The van der Waals surface area contributed by atoms with Gasteiger partial charge in [0.05, 0.1) is 13.2 Å². The summed E-state index contributed by atoms with van der Waals surface area (Å²) in [5, 5.41) is 3.70. The molecule has 1 aliphatic heterocycles. The lowest BCUT2D eigenvalue weighted by atomic mass is 10.2. The fourth-order valence-electron chi connectivity index (χ4n) is 2.61. The first kappa shape index (κ1) is 11.4. The largest absolute Gasteiger partial charge is 0.379 e. The van der Waals surface area contributed by atoms with Crippen LogP contribution in [0.3, 0.4) is 0 Å². The molecule has 0 radical (unpaired) electrons. The molecule has 3 heteroatoms. The highest BCUT2D eigenvalue weighted by Gasteiger charge is 2.19. The molecule has 15 heavy (non-hydrogen) atoms. The van der Waals surface area contributed by atoms with Gasteiger partial charge in [0.25, 0.3) is 0 Å². The van der Waals surface area contributed by atoms with E-state index >= 15 is 0 Å². The third kappa shape index (κ3) is 3.44. The summed E-state index contributed by atoms with van der Waals surface area (Å²) in [7, 11) is 0. The number of nitrogens with zero attached hydrogens (tertiary/aromatic N) is 1. The number of ether oxygens (including phenoxy) is 1. The zero-order valence-electron chi connectivity index (χ0n) is 9.87. The Morgan fingerprint density at radius 1 is 1.27 bits per heavy atom. The second-order valence-corrected chi connectivity index (χ2v) is 4.89. The predicted molar refractivity (Wildman–Crippen MR) is 62.1 cm³/mol. The van der Waals surface area contributed by atoms with E-state index in [1.165, 1.54) is 25.7 Å². The first-order valence-corrected chi connectivity index (χ1v) is 6.41. The Kier molecular flexibility index (Phi) is 4.42. The Morgan fingerprint density at radius 2 is 1.93 bits per heavy atom. The predicted octanol–water partition coefficient (Wildman–Crippen LogP) is 1.24. The smallest absolute Gasteiger partial charge is 0.0594 e. The molecular formula is C12H24N2O. The SMILES string of the molecule is CC(CNC1CCCC1)N1CCOCC1. The fraction of sp³-hybridized carbons (Fsp3) is 1.00. The van der Waals surface area contributed by atoms with Crippen LogP contribution in [0.25, 0.3) is 0 Å². The lowest BCUT2D eigenvalue weighted by Gasteiger charge is -2.33. The minimum Gasteiger partial charge on any atom is -0.379 e. The van der Waals surface area contributed by atoms with Crippen LogP contribution < -0.4 is 5.32 Å². The van der Waals surface area contributed by atoms with Crippen molar-refractivity contribution in [1.82, 2.24) is 10.2 Å². The van der Waals surface area contributed by atoms with E-state index in [0.717, 1.165) is 38.9 Å². The summed E-state index contributed by atoms with van der Waals surface area (Å²) in [5.74, 6) is 0. The summed E-state index contributed by atoms with van der Waals surface area (Å²) < 4.78 is 5.37. The average Bonchev–Trinajstić information content (AvgIpc) is 2.80. The van der Waals surface area contributed by atoms with Crippen LogP contribution in [0.1, 0.15) is 32.6 Å². The highest BCUT2D eigenvalue weighted by atomic mass is 16.5. The molecule has 0 amide bonds. The number of hydrogen-bond acceptors (Lipinski definition) is 3. The number of nitrogens with one attached hydrogen (secondary N) is 1. The second-order valence-electron chi connectivity index (χ2n) is 4.89. The molecule has 2 rings (SSSR count). The van der Waals surface area contributed by atoms with Gasteiger partial charge in [0.15, 0.2) is 0 Å². The Balaban J connectivity index is 1.64. The standard InChI is InChI=1S/C12H24N2O/c1-11(14-6-8-15-9-7-14)10-13-12-4-2-3-5-12/h11-13H,2-10H2,1H3. The molecule has 1 atom stereocenters. The van der Waals surface area contributed by atoms with Crippen molar-refractivity contribution in [2.75, 3.05) is 32.8 Å². The van der Waals surface area contributed by atoms with Gasteiger partial charge in [0.2, 0.25) is 0 Å². The monoisotopic (exact) mass is 212 g/mol. The Hall–Kier alpha value is -0.120. The van der Waals surface area contributed by atoms with Crippen LogP contribution >= 0.6 is 0 Å². The van der Waals surface area contributed by atoms with E-state index in [1.54, 1.807) is 0 Å². The lowest BCUT2D eigenvalue weighted by molar-refractivity contribution is 0.0199. The molecule has 0 spiro atoms. The van der Waals surface area contributed by atoms with Crippen molar-refractivity contribution in [3.63, 3.8) is 0 Å². The molecule has 1 saturated heterocycles. The van der Waals surface area contributed by atoms with E-state index in [4.69, 9.17) is 4.74 Å². The van der Waals surface area contributed by atoms with Crippen LogP contribution in [-0.4, -0.2) is 49.8 Å². The Labute approximate surface area is 93.2 Å². The van der Waals surface area contributed by atoms with Gasteiger partial charge in [0.1, 0.15) is 0 Å². The minimum absolute atomic E-state index is 0.662. The molecule has 2 fully saturated rings. The van der Waals surface area contributed by atoms with Gasteiger partial charge in [-0.05, 0) is 19.8 Å². The summed E-state index contributed by atoms with van der Waals surface area (Å²) in [6.45, 7) is 7.50. The van der Waals surface area contributed by atoms with Gasteiger partial charge in [0, 0.05) is 31.7 Å². The van der Waals surface area contributed by atoms with E-state index in [1.807, 2.05) is 0 Å². The van der Waals surface area contributed by atoms with Gasteiger partial charge in [-0.1, -0.05) is 12.8 Å². The summed E-state index contributed by atoms with van der Waals surface area (Å²) in [6.07, 6.45) is 5.61. The van der Waals surface area contributed by atoms with Gasteiger partial charge in [-0.3, -0.25) is 4.90 Å². The quantitative estimate of drug-likeness (QED) is 0.759. The number of morpholine rings is 1. The van der Waals surface area contributed by atoms with Crippen molar-refractivity contribution < 1.29 is 4.74 Å². The van der Waals surface area contributed by atoms with Gasteiger partial charge < -0.3 is 10.1 Å². The van der Waals surface area contributed by atoms with Gasteiger partial charge in [-0.2, -0.15) is 0 Å². The molecule has 0 bridgehead atoms. The van der Waals surface area contributed by atoms with E-state index in [9.17, 15) is 0 Å². The second kappa shape index (κ2) is 5.83. The molecule has 1 saturated carbocycles. The van der Waals surface area contributed by atoms with Crippen LogP contribution in [0, 0.1) is 0 Å². The molecule has 2 aliphatic rings. The third-order valence-corrected chi connectivity index (χ3v) is 3.73. The van der Waals surface area contributed by atoms with Crippen molar-refractivity contribution in [2.24, 2.45) is 0 Å². The van der Waals surface area contributed by atoms with Crippen LogP contribution in [0.4, 0.5) is 0 Å². The van der Waals surface area contributed by atoms with E-state index < -0.39 is 0 Å². The fourth-order valence-corrected chi connectivity index (χ4v) is 2.61. The molecule has 0 aromatic rings. The number of hydrogen-bond donors (Lipinski definition) is 1. The topological polar surface area (TPSA) is 24.5 Å². The maximum Gasteiger partial charge on any atom is 0.0594 e. The first-order chi connectivity index (χ1) is 7.36. The van der Waals surface area contributed by atoms with Crippen LogP contribution in [0.5, 0.6) is 0 Å². The van der Waals surface area contributed by atoms with Gasteiger partial charge in [-0.25, -0.2) is 0 Å². The number of rotatable bonds is 4. The maximum atomic E-state index is 5.37. The highest BCUT2D eigenvalue weighted by molar-refractivity contribution is 4.78.